The maximum absolute atomic E-state index is 12.3. The molecule has 20 heavy (non-hydrogen) atoms. The van der Waals surface area contributed by atoms with E-state index in [1.807, 2.05) is 6.07 Å². The Hall–Kier alpha value is -1.75. The van der Waals surface area contributed by atoms with E-state index in [2.05, 4.69) is 18.7 Å². The van der Waals surface area contributed by atoms with Gasteiger partial charge in [-0.3, -0.25) is 4.79 Å². The van der Waals surface area contributed by atoms with Crippen LogP contribution in [-0.2, 0) is 4.74 Å². The Morgan fingerprint density at radius 1 is 1.35 bits per heavy atom. The summed E-state index contributed by atoms with van der Waals surface area (Å²) in [5.41, 5.74) is 8.06. The van der Waals surface area contributed by atoms with E-state index in [-0.39, 0.29) is 11.9 Å². The fraction of sp³-hybridized carbons (Fsp3) is 0.533. The van der Waals surface area contributed by atoms with Gasteiger partial charge in [-0.25, -0.2) is 0 Å². The SMILES string of the molecule is COCCN(c1cc(N)ccc1C(=O)N(C)C)C(C)C. The number of carbonyl (C=O) groups excluding carboxylic acids is 1. The van der Waals surface area contributed by atoms with Crippen molar-refractivity contribution in [1.29, 1.82) is 0 Å². The minimum atomic E-state index is -0.0249. The van der Waals surface area contributed by atoms with E-state index in [0.29, 0.717) is 24.4 Å². The van der Waals surface area contributed by atoms with E-state index in [1.165, 1.54) is 0 Å². The third kappa shape index (κ3) is 3.87. The lowest BCUT2D eigenvalue weighted by molar-refractivity contribution is 0.0828. The number of hydrogen-bond acceptors (Lipinski definition) is 4. The Bertz CT molecular complexity index is 458. The molecule has 0 atom stereocenters. The van der Waals surface area contributed by atoms with Gasteiger partial charge in [0.05, 0.1) is 17.9 Å². The number of rotatable bonds is 6. The molecule has 2 N–H and O–H groups in total. The minimum Gasteiger partial charge on any atom is -0.399 e. The van der Waals surface area contributed by atoms with Crippen LogP contribution in [0.15, 0.2) is 18.2 Å². The van der Waals surface area contributed by atoms with Crippen molar-refractivity contribution in [2.75, 3.05) is 45.0 Å². The van der Waals surface area contributed by atoms with Crippen LogP contribution in [0.1, 0.15) is 24.2 Å². The molecule has 0 spiro atoms. The fourth-order valence-corrected chi connectivity index (χ4v) is 2.05. The first-order chi connectivity index (χ1) is 9.38. The number of hydrogen-bond donors (Lipinski definition) is 1. The summed E-state index contributed by atoms with van der Waals surface area (Å²) >= 11 is 0. The van der Waals surface area contributed by atoms with Crippen LogP contribution in [0.5, 0.6) is 0 Å². The maximum atomic E-state index is 12.3. The predicted molar refractivity (Wildman–Crippen MR) is 83.2 cm³/mol. The Morgan fingerprint density at radius 2 is 2.00 bits per heavy atom. The summed E-state index contributed by atoms with van der Waals surface area (Å²) < 4.78 is 5.15. The standard InChI is InChI=1S/C15H25N3O2/c1-11(2)18(8-9-20-5)14-10-12(16)6-7-13(14)15(19)17(3)4/h6-7,10-11H,8-9,16H2,1-5H3. The van der Waals surface area contributed by atoms with Gasteiger partial charge in [-0.15, -0.1) is 0 Å². The van der Waals surface area contributed by atoms with Crippen molar-refractivity contribution in [2.45, 2.75) is 19.9 Å². The van der Waals surface area contributed by atoms with Crippen LogP contribution in [0.3, 0.4) is 0 Å². The van der Waals surface area contributed by atoms with Crippen molar-refractivity contribution >= 4 is 17.3 Å². The van der Waals surface area contributed by atoms with Gasteiger partial charge in [-0.2, -0.15) is 0 Å². The molecule has 0 aliphatic rings. The van der Waals surface area contributed by atoms with Crippen molar-refractivity contribution < 1.29 is 9.53 Å². The molecule has 1 aromatic rings. The molecule has 5 heteroatoms. The molecule has 1 amide bonds. The second kappa shape index (κ2) is 7.14. The van der Waals surface area contributed by atoms with E-state index < -0.39 is 0 Å². The van der Waals surface area contributed by atoms with Gasteiger partial charge in [-0.1, -0.05) is 0 Å². The molecular weight excluding hydrogens is 254 g/mol. The van der Waals surface area contributed by atoms with Crippen molar-refractivity contribution in [3.8, 4) is 0 Å². The molecule has 0 fully saturated rings. The summed E-state index contributed by atoms with van der Waals surface area (Å²) in [5.74, 6) is -0.0249. The van der Waals surface area contributed by atoms with E-state index in [1.54, 1.807) is 38.2 Å². The van der Waals surface area contributed by atoms with Crippen molar-refractivity contribution in [2.24, 2.45) is 0 Å². The molecule has 0 aliphatic heterocycles. The van der Waals surface area contributed by atoms with Crippen LogP contribution >= 0.6 is 0 Å². The summed E-state index contributed by atoms with van der Waals surface area (Å²) in [6.45, 7) is 5.49. The normalized spacial score (nSPS) is 10.7. The van der Waals surface area contributed by atoms with E-state index >= 15 is 0 Å². The Morgan fingerprint density at radius 3 is 2.50 bits per heavy atom. The molecule has 0 heterocycles. The molecule has 0 bridgehead atoms. The zero-order valence-electron chi connectivity index (χ0n) is 13.0. The molecule has 0 aromatic heterocycles. The highest BCUT2D eigenvalue weighted by atomic mass is 16.5. The van der Waals surface area contributed by atoms with Gasteiger partial charge < -0.3 is 20.3 Å². The summed E-state index contributed by atoms with van der Waals surface area (Å²) in [7, 11) is 5.17. The summed E-state index contributed by atoms with van der Waals surface area (Å²) in [6, 6.07) is 5.65. The van der Waals surface area contributed by atoms with Crippen LogP contribution in [0.2, 0.25) is 0 Å². The van der Waals surface area contributed by atoms with Gasteiger partial charge >= 0.3 is 0 Å². The second-order valence-electron chi connectivity index (χ2n) is 5.26. The van der Waals surface area contributed by atoms with Crippen molar-refractivity contribution in [1.82, 2.24) is 4.90 Å². The predicted octanol–water partition coefficient (Wildman–Crippen LogP) is 1.83. The Balaban J connectivity index is 3.24. The molecular formula is C15H25N3O2. The largest absolute Gasteiger partial charge is 0.399 e. The number of benzene rings is 1. The van der Waals surface area contributed by atoms with Crippen molar-refractivity contribution in [3.63, 3.8) is 0 Å². The third-order valence-electron chi connectivity index (χ3n) is 3.13. The van der Waals surface area contributed by atoms with Crippen LogP contribution in [-0.4, -0.2) is 51.2 Å². The molecule has 1 rings (SSSR count). The van der Waals surface area contributed by atoms with Gasteiger partial charge in [0.15, 0.2) is 0 Å². The Kier molecular flexibility index (Phi) is 5.82. The number of carbonyl (C=O) groups is 1. The molecule has 112 valence electrons. The quantitative estimate of drug-likeness (QED) is 0.807. The summed E-state index contributed by atoms with van der Waals surface area (Å²) in [5, 5.41) is 0. The fourth-order valence-electron chi connectivity index (χ4n) is 2.05. The zero-order chi connectivity index (χ0) is 15.3. The first-order valence-electron chi connectivity index (χ1n) is 6.75. The van der Waals surface area contributed by atoms with E-state index in [4.69, 9.17) is 10.5 Å². The topological polar surface area (TPSA) is 58.8 Å². The molecule has 0 radical (unpaired) electrons. The number of nitrogens with zero attached hydrogens (tertiary/aromatic N) is 2. The van der Waals surface area contributed by atoms with Crippen molar-refractivity contribution in [3.05, 3.63) is 23.8 Å². The highest BCUT2D eigenvalue weighted by Gasteiger charge is 2.20. The average molecular weight is 279 g/mol. The van der Waals surface area contributed by atoms with E-state index in [9.17, 15) is 4.79 Å². The first kappa shape index (κ1) is 16.3. The summed E-state index contributed by atoms with van der Waals surface area (Å²) in [6.07, 6.45) is 0. The van der Waals surface area contributed by atoms with E-state index in [0.717, 1.165) is 5.69 Å². The monoisotopic (exact) mass is 279 g/mol. The number of ether oxygens (including phenoxy) is 1. The number of nitrogens with two attached hydrogens (primary N) is 1. The average Bonchev–Trinajstić information content (AvgIpc) is 2.38. The number of amides is 1. The molecule has 0 saturated carbocycles. The highest BCUT2D eigenvalue weighted by molar-refractivity contribution is 6.00. The molecule has 0 saturated heterocycles. The van der Waals surface area contributed by atoms with Crippen LogP contribution in [0, 0.1) is 0 Å². The smallest absolute Gasteiger partial charge is 0.255 e. The van der Waals surface area contributed by atoms with Crippen LogP contribution < -0.4 is 10.6 Å². The molecule has 0 unspecified atom stereocenters. The second-order valence-corrected chi connectivity index (χ2v) is 5.26. The van der Waals surface area contributed by atoms with Gasteiger partial charge in [0, 0.05) is 39.5 Å². The highest BCUT2D eigenvalue weighted by Crippen LogP contribution is 2.26. The molecule has 5 nitrogen and oxygen atoms in total. The third-order valence-corrected chi connectivity index (χ3v) is 3.13. The van der Waals surface area contributed by atoms with Gasteiger partial charge in [0.25, 0.3) is 5.91 Å². The Labute approximate surface area is 121 Å². The molecule has 1 aromatic carbocycles. The lowest BCUT2D eigenvalue weighted by Gasteiger charge is -2.31. The summed E-state index contributed by atoms with van der Waals surface area (Å²) in [4.78, 5) is 16.0. The molecule has 0 aliphatic carbocycles. The van der Waals surface area contributed by atoms with Crippen LogP contribution in [0.4, 0.5) is 11.4 Å². The number of methoxy groups -OCH3 is 1. The lowest BCUT2D eigenvalue weighted by Crippen LogP contribution is -2.36. The maximum Gasteiger partial charge on any atom is 0.255 e. The number of anilines is 2. The van der Waals surface area contributed by atoms with Crippen LogP contribution in [0.25, 0.3) is 0 Å². The number of nitrogen functional groups attached to an aromatic ring is 1. The van der Waals surface area contributed by atoms with Gasteiger partial charge in [0.2, 0.25) is 0 Å². The zero-order valence-corrected chi connectivity index (χ0v) is 13.0. The van der Waals surface area contributed by atoms with Gasteiger partial charge in [0.1, 0.15) is 0 Å². The minimum absolute atomic E-state index is 0.0249. The lowest BCUT2D eigenvalue weighted by atomic mass is 10.1. The first-order valence-corrected chi connectivity index (χ1v) is 6.75. The van der Waals surface area contributed by atoms with Gasteiger partial charge in [-0.05, 0) is 32.0 Å².